The van der Waals surface area contributed by atoms with Crippen LogP contribution >= 0.6 is 23.1 Å². The van der Waals surface area contributed by atoms with Gasteiger partial charge in [-0.1, -0.05) is 0 Å². The van der Waals surface area contributed by atoms with Gasteiger partial charge in [0.05, 0.1) is 5.69 Å². The summed E-state index contributed by atoms with van der Waals surface area (Å²) in [6.07, 6.45) is 2.02. The lowest BCUT2D eigenvalue weighted by Gasteiger charge is -2.00. The van der Waals surface area contributed by atoms with Gasteiger partial charge < -0.3 is 9.73 Å². The number of fused-ring (bicyclic) bond motifs is 1. The summed E-state index contributed by atoms with van der Waals surface area (Å²) in [5, 5.41) is 14.4. The van der Waals surface area contributed by atoms with Crippen LogP contribution in [0.2, 0.25) is 0 Å². The number of aromatic nitrogens is 4. The molecule has 0 atom stereocenters. The van der Waals surface area contributed by atoms with E-state index in [9.17, 15) is 0 Å². The number of thiazole rings is 1. The molecule has 0 unspecified atom stereocenters. The summed E-state index contributed by atoms with van der Waals surface area (Å²) in [4.78, 5) is 5.54. The summed E-state index contributed by atoms with van der Waals surface area (Å²) in [6, 6.07) is 0. The first-order chi connectivity index (χ1) is 8.78. The summed E-state index contributed by atoms with van der Waals surface area (Å²) in [5.74, 6) is 0.564. The lowest BCUT2D eigenvalue weighted by molar-refractivity contribution is 0.429. The summed E-state index contributed by atoms with van der Waals surface area (Å²) >= 11 is 3.01. The van der Waals surface area contributed by atoms with Gasteiger partial charge in [-0.25, -0.2) is 4.98 Å². The molecular formula is C10H11N5OS2. The van der Waals surface area contributed by atoms with Crippen LogP contribution in [0.5, 0.6) is 0 Å². The Morgan fingerprint density at radius 1 is 1.50 bits per heavy atom. The van der Waals surface area contributed by atoms with Crippen molar-refractivity contribution in [1.29, 1.82) is 0 Å². The molecule has 0 radical (unpaired) electrons. The maximum absolute atomic E-state index is 5.37. The van der Waals surface area contributed by atoms with Crippen molar-refractivity contribution in [3.63, 3.8) is 0 Å². The van der Waals surface area contributed by atoms with Gasteiger partial charge in [0.15, 0.2) is 4.96 Å². The Balaban J connectivity index is 1.99. The fourth-order valence-corrected chi connectivity index (χ4v) is 3.25. The molecule has 0 aliphatic rings. The molecule has 0 bridgehead atoms. The van der Waals surface area contributed by atoms with Gasteiger partial charge in [0.25, 0.3) is 5.22 Å². The predicted octanol–water partition coefficient (Wildman–Crippen LogP) is 1.96. The molecule has 6 nitrogen and oxygen atoms in total. The van der Waals surface area contributed by atoms with Crippen molar-refractivity contribution in [3.8, 4) is 0 Å². The van der Waals surface area contributed by atoms with Crippen molar-refractivity contribution in [2.45, 2.75) is 23.7 Å². The van der Waals surface area contributed by atoms with Gasteiger partial charge in [-0.05, 0) is 18.8 Å². The van der Waals surface area contributed by atoms with Crippen LogP contribution < -0.4 is 5.32 Å². The van der Waals surface area contributed by atoms with E-state index in [4.69, 9.17) is 4.42 Å². The van der Waals surface area contributed by atoms with Crippen LogP contribution in [-0.2, 0) is 6.54 Å². The second kappa shape index (κ2) is 4.71. The molecule has 3 heterocycles. The standard InChI is InChI=1S/C10H11N5OS2/c1-6-13-14-10(16-6)18-8-7(5-11-2)15-3-4-17-9(15)12-8/h3-4,11H,5H2,1-2H3. The van der Waals surface area contributed by atoms with Gasteiger partial charge in [-0.3, -0.25) is 4.40 Å². The zero-order valence-electron chi connectivity index (χ0n) is 9.88. The molecule has 18 heavy (non-hydrogen) atoms. The highest BCUT2D eigenvalue weighted by atomic mass is 32.2. The molecule has 0 aliphatic carbocycles. The van der Waals surface area contributed by atoms with E-state index in [0.717, 1.165) is 22.2 Å². The maximum atomic E-state index is 5.37. The van der Waals surface area contributed by atoms with E-state index in [-0.39, 0.29) is 0 Å². The lowest BCUT2D eigenvalue weighted by atomic mass is 10.5. The van der Waals surface area contributed by atoms with Gasteiger partial charge in [0, 0.05) is 25.0 Å². The fourth-order valence-electron chi connectivity index (χ4n) is 1.63. The summed E-state index contributed by atoms with van der Waals surface area (Å²) in [5.41, 5.74) is 1.11. The minimum atomic E-state index is 0.524. The average molecular weight is 281 g/mol. The molecule has 8 heteroatoms. The van der Waals surface area contributed by atoms with E-state index in [0.29, 0.717) is 11.1 Å². The van der Waals surface area contributed by atoms with Gasteiger partial charge in [0.2, 0.25) is 5.89 Å². The first-order valence-corrected chi connectivity index (χ1v) is 7.04. The van der Waals surface area contributed by atoms with E-state index in [1.807, 2.05) is 18.6 Å². The number of imidazole rings is 1. The summed E-state index contributed by atoms with van der Waals surface area (Å²) in [7, 11) is 1.91. The highest BCUT2D eigenvalue weighted by Crippen LogP contribution is 2.30. The normalized spacial score (nSPS) is 11.4. The number of nitrogens with one attached hydrogen (secondary N) is 1. The molecule has 0 fully saturated rings. The fraction of sp³-hybridized carbons (Fsp3) is 0.300. The zero-order chi connectivity index (χ0) is 12.5. The van der Waals surface area contributed by atoms with E-state index in [1.54, 1.807) is 18.3 Å². The second-order valence-electron chi connectivity index (χ2n) is 3.64. The lowest BCUT2D eigenvalue weighted by Crippen LogP contribution is -2.08. The average Bonchev–Trinajstić information content (AvgIpc) is 3.00. The molecule has 1 N–H and O–H groups in total. The molecule has 3 aromatic rings. The van der Waals surface area contributed by atoms with Crippen molar-refractivity contribution in [3.05, 3.63) is 23.2 Å². The minimum Gasteiger partial charge on any atom is -0.416 e. The molecule has 0 aliphatic heterocycles. The van der Waals surface area contributed by atoms with Crippen LogP contribution in [0.15, 0.2) is 26.2 Å². The van der Waals surface area contributed by atoms with Crippen LogP contribution in [0, 0.1) is 6.92 Å². The maximum Gasteiger partial charge on any atom is 0.282 e. The highest BCUT2D eigenvalue weighted by Gasteiger charge is 2.16. The van der Waals surface area contributed by atoms with Crippen LogP contribution in [0.4, 0.5) is 0 Å². The Hall–Kier alpha value is -1.38. The molecular weight excluding hydrogens is 270 g/mol. The minimum absolute atomic E-state index is 0.524. The molecule has 0 aromatic carbocycles. The first kappa shape index (κ1) is 11.7. The number of rotatable bonds is 4. The molecule has 3 aromatic heterocycles. The van der Waals surface area contributed by atoms with Gasteiger partial charge in [-0.2, -0.15) is 0 Å². The molecule has 94 valence electrons. The Morgan fingerprint density at radius 2 is 2.39 bits per heavy atom. The largest absolute Gasteiger partial charge is 0.416 e. The quantitative estimate of drug-likeness (QED) is 0.788. The SMILES string of the molecule is CNCc1c(Sc2nnc(C)o2)nc2sccn12. The van der Waals surface area contributed by atoms with E-state index in [1.165, 1.54) is 11.8 Å². The third-order valence-electron chi connectivity index (χ3n) is 2.36. The van der Waals surface area contributed by atoms with Crippen molar-refractivity contribution < 1.29 is 4.42 Å². The summed E-state index contributed by atoms with van der Waals surface area (Å²) < 4.78 is 7.44. The molecule has 0 saturated heterocycles. The van der Waals surface area contributed by atoms with Crippen LogP contribution in [0.25, 0.3) is 4.96 Å². The van der Waals surface area contributed by atoms with Crippen molar-refractivity contribution in [1.82, 2.24) is 24.9 Å². The van der Waals surface area contributed by atoms with Crippen molar-refractivity contribution in [2.24, 2.45) is 0 Å². The monoisotopic (exact) mass is 281 g/mol. The highest BCUT2D eigenvalue weighted by molar-refractivity contribution is 7.99. The number of hydrogen-bond acceptors (Lipinski definition) is 7. The molecule has 0 amide bonds. The Labute approximate surface area is 111 Å². The van der Waals surface area contributed by atoms with Crippen LogP contribution in [-0.4, -0.2) is 26.6 Å². The molecule has 0 saturated carbocycles. The number of nitrogens with zero attached hydrogens (tertiary/aromatic N) is 4. The Morgan fingerprint density at radius 3 is 3.11 bits per heavy atom. The number of hydrogen-bond donors (Lipinski definition) is 1. The van der Waals surface area contributed by atoms with Crippen LogP contribution in [0.3, 0.4) is 0 Å². The second-order valence-corrected chi connectivity index (χ2v) is 5.45. The zero-order valence-corrected chi connectivity index (χ0v) is 11.5. The third kappa shape index (κ3) is 2.02. The van der Waals surface area contributed by atoms with Gasteiger partial charge >= 0.3 is 0 Å². The van der Waals surface area contributed by atoms with Crippen molar-refractivity contribution >= 4 is 28.1 Å². The topological polar surface area (TPSA) is 68.2 Å². The van der Waals surface area contributed by atoms with Gasteiger partial charge in [-0.15, -0.1) is 21.5 Å². The first-order valence-electron chi connectivity index (χ1n) is 5.35. The van der Waals surface area contributed by atoms with E-state index in [2.05, 4.69) is 24.9 Å². The Bertz CT molecular complexity index is 671. The van der Waals surface area contributed by atoms with Crippen molar-refractivity contribution in [2.75, 3.05) is 7.05 Å². The predicted molar refractivity (Wildman–Crippen MR) is 69.0 cm³/mol. The number of aryl methyl sites for hydroxylation is 1. The van der Waals surface area contributed by atoms with E-state index >= 15 is 0 Å². The molecule has 3 rings (SSSR count). The molecule has 0 spiro atoms. The Kier molecular flexibility index (Phi) is 3.06. The van der Waals surface area contributed by atoms with Crippen LogP contribution in [0.1, 0.15) is 11.6 Å². The van der Waals surface area contributed by atoms with E-state index < -0.39 is 0 Å². The third-order valence-corrected chi connectivity index (χ3v) is 3.98. The summed E-state index contributed by atoms with van der Waals surface area (Å²) in [6.45, 7) is 2.52. The van der Waals surface area contributed by atoms with Gasteiger partial charge in [0.1, 0.15) is 5.03 Å². The smallest absolute Gasteiger partial charge is 0.282 e.